The first-order valence-corrected chi connectivity index (χ1v) is 6.85. The molecule has 2 rings (SSSR count). The zero-order chi connectivity index (χ0) is 12.3. The van der Waals surface area contributed by atoms with E-state index in [1.165, 1.54) is 19.3 Å². The van der Waals surface area contributed by atoms with Gasteiger partial charge < -0.3 is 15.7 Å². The van der Waals surface area contributed by atoms with E-state index in [1.54, 1.807) is 0 Å². The molecule has 1 amide bonds. The predicted octanol–water partition coefficient (Wildman–Crippen LogP) is 0.879. The largest absolute Gasteiger partial charge is 0.395 e. The Kier molecular flexibility index (Phi) is 4.05. The number of rotatable bonds is 5. The Hall–Kier alpha value is -0.610. The van der Waals surface area contributed by atoms with Crippen molar-refractivity contribution >= 4 is 5.91 Å². The Morgan fingerprint density at radius 3 is 2.41 bits per heavy atom. The van der Waals surface area contributed by atoms with Crippen molar-refractivity contribution in [2.24, 2.45) is 11.1 Å². The number of carbonyl (C=O) groups is 1. The van der Waals surface area contributed by atoms with Crippen LogP contribution in [0.3, 0.4) is 0 Å². The van der Waals surface area contributed by atoms with E-state index in [-0.39, 0.29) is 17.9 Å². The third-order valence-electron chi connectivity index (χ3n) is 4.32. The lowest BCUT2D eigenvalue weighted by Crippen LogP contribution is -2.48. The fraction of sp³-hybridized carbons (Fsp3) is 0.923. The zero-order valence-electron chi connectivity index (χ0n) is 10.5. The number of amides is 1. The van der Waals surface area contributed by atoms with Gasteiger partial charge in [-0.1, -0.05) is 19.3 Å². The van der Waals surface area contributed by atoms with Gasteiger partial charge in [0.15, 0.2) is 0 Å². The minimum atomic E-state index is -0.271. The van der Waals surface area contributed by atoms with Crippen LogP contribution in [0.1, 0.15) is 44.9 Å². The van der Waals surface area contributed by atoms with Crippen molar-refractivity contribution in [1.82, 2.24) is 4.90 Å². The quantitative estimate of drug-likeness (QED) is 0.749. The molecule has 0 unspecified atom stereocenters. The number of aliphatic hydroxyl groups excluding tert-OH is 1. The zero-order valence-corrected chi connectivity index (χ0v) is 10.5. The standard InChI is InChI=1S/C13H24N2O2/c14-10-13(6-7-13)12(17)15(8-9-16)11-4-2-1-3-5-11/h11,16H,1-10,14H2. The summed E-state index contributed by atoms with van der Waals surface area (Å²) in [5.74, 6) is 0.195. The van der Waals surface area contributed by atoms with E-state index < -0.39 is 0 Å². The lowest BCUT2D eigenvalue weighted by molar-refractivity contribution is -0.140. The highest BCUT2D eigenvalue weighted by molar-refractivity contribution is 5.86. The molecule has 2 fully saturated rings. The normalized spacial score (nSPS) is 23.4. The molecule has 2 aliphatic carbocycles. The average molecular weight is 240 g/mol. The SMILES string of the molecule is NCC1(C(=O)N(CCO)C2CCCCC2)CC1. The van der Waals surface area contributed by atoms with E-state index in [4.69, 9.17) is 10.8 Å². The van der Waals surface area contributed by atoms with Crippen molar-refractivity contribution in [1.29, 1.82) is 0 Å². The molecule has 4 nitrogen and oxygen atoms in total. The van der Waals surface area contributed by atoms with Crippen LogP contribution in [0.4, 0.5) is 0 Å². The van der Waals surface area contributed by atoms with Gasteiger partial charge in [0.25, 0.3) is 0 Å². The molecule has 2 aliphatic rings. The van der Waals surface area contributed by atoms with Crippen LogP contribution in [0, 0.1) is 5.41 Å². The molecule has 0 bridgehead atoms. The molecule has 0 aromatic rings. The summed E-state index contributed by atoms with van der Waals surface area (Å²) >= 11 is 0. The second-order valence-corrected chi connectivity index (χ2v) is 5.50. The summed E-state index contributed by atoms with van der Waals surface area (Å²) in [7, 11) is 0. The summed E-state index contributed by atoms with van der Waals surface area (Å²) in [5, 5.41) is 9.15. The monoisotopic (exact) mass is 240 g/mol. The Morgan fingerprint density at radius 2 is 1.94 bits per heavy atom. The number of hydrogen-bond donors (Lipinski definition) is 2. The van der Waals surface area contributed by atoms with Crippen molar-refractivity contribution in [2.45, 2.75) is 51.0 Å². The minimum Gasteiger partial charge on any atom is -0.395 e. The van der Waals surface area contributed by atoms with Crippen molar-refractivity contribution in [2.75, 3.05) is 19.7 Å². The van der Waals surface area contributed by atoms with Gasteiger partial charge in [-0.15, -0.1) is 0 Å². The molecule has 0 aliphatic heterocycles. The van der Waals surface area contributed by atoms with Crippen LogP contribution in [-0.2, 0) is 4.79 Å². The van der Waals surface area contributed by atoms with E-state index in [1.807, 2.05) is 4.90 Å². The molecule has 0 aromatic heterocycles. The molecular weight excluding hydrogens is 216 g/mol. The first kappa shape index (κ1) is 12.8. The number of nitrogens with zero attached hydrogens (tertiary/aromatic N) is 1. The molecule has 0 saturated heterocycles. The number of nitrogens with two attached hydrogens (primary N) is 1. The number of hydrogen-bond acceptors (Lipinski definition) is 3. The molecule has 0 aromatic carbocycles. The van der Waals surface area contributed by atoms with Crippen molar-refractivity contribution in [3.63, 3.8) is 0 Å². The Balaban J connectivity index is 2.02. The van der Waals surface area contributed by atoms with Gasteiger partial charge in [-0.05, 0) is 25.7 Å². The van der Waals surface area contributed by atoms with Gasteiger partial charge in [0.05, 0.1) is 12.0 Å². The molecule has 4 heteroatoms. The van der Waals surface area contributed by atoms with Crippen LogP contribution >= 0.6 is 0 Å². The van der Waals surface area contributed by atoms with Crippen LogP contribution in [0.2, 0.25) is 0 Å². The molecule has 0 atom stereocenters. The Labute approximate surface area is 103 Å². The second-order valence-electron chi connectivity index (χ2n) is 5.50. The van der Waals surface area contributed by atoms with Crippen LogP contribution < -0.4 is 5.73 Å². The second kappa shape index (κ2) is 5.36. The van der Waals surface area contributed by atoms with Gasteiger partial charge in [-0.25, -0.2) is 0 Å². The highest BCUT2D eigenvalue weighted by Crippen LogP contribution is 2.46. The lowest BCUT2D eigenvalue weighted by atomic mass is 9.92. The molecule has 0 spiro atoms. The highest BCUT2D eigenvalue weighted by Gasteiger charge is 2.51. The molecular formula is C13H24N2O2. The minimum absolute atomic E-state index is 0.0584. The van der Waals surface area contributed by atoms with Crippen LogP contribution in [0.5, 0.6) is 0 Å². The van der Waals surface area contributed by atoms with Gasteiger partial charge in [-0.3, -0.25) is 4.79 Å². The van der Waals surface area contributed by atoms with E-state index >= 15 is 0 Å². The van der Waals surface area contributed by atoms with Crippen LogP contribution in [0.25, 0.3) is 0 Å². The first-order valence-electron chi connectivity index (χ1n) is 6.85. The van der Waals surface area contributed by atoms with Gasteiger partial charge in [0.2, 0.25) is 5.91 Å². The third-order valence-corrected chi connectivity index (χ3v) is 4.32. The Bertz CT molecular complexity index is 271. The van der Waals surface area contributed by atoms with E-state index in [2.05, 4.69) is 0 Å². The maximum Gasteiger partial charge on any atom is 0.230 e. The summed E-state index contributed by atoms with van der Waals surface area (Å²) < 4.78 is 0. The van der Waals surface area contributed by atoms with Gasteiger partial charge in [0, 0.05) is 19.1 Å². The predicted molar refractivity (Wildman–Crippen MR) is 66.4 cm³/mol. The molecule has 17 heavy (non-hydrogen) atoms. The summed E-state index contributed by atoms with van der Waals surface area (Å²) in [5.41, 5.74) is 5.45. The number of carbonyl (C=O) groups excluding carboxylic acids is 1. The van der Waals surface area contributed by atoms with E-state index in [9.17, 15) is 4.79 Å². The smallest absolute Gasteiger partial charge is 0.230 e. The van der Waals surface area contributed by atoms with Gasteiger partial charge in [0.1, 0.15) is 0 Å². The maximum absolute atomic E-state index is 12.5. The molecule has 98 valence electrons. The summed E-state index contributed by atoms with van der Waals surface area (Å²) in [6, 6.07) is 0.340. The van der Waals surface area contributed by atoms with E-state index in [0.717, 1.165) is 25.7 Å². The summed E-state index contributed by atoms with van der Waals surface area (Å²) in [6.07, 6.45) is 7.72. The molecule has 0 radical (unpaired) electrons. The topological polar surface area (TPSA) is 66.6 Å². The first-order chi connectivity index (χ1) is 8.23. The van der Waals surface area contributed by atoms with Gasteiger partial charge in [-0.2, -0.15) is 0 Å². The molecule has 2 saturated carbocycles. The molecule has 0 heterocycles. The highest BCUT2D eigenvalue weighted by atomic mass is 16.3. The lowest BCUT2D eigenvalue weighted by Gasteiger charge is -2.36. The van der Waals surface area contributed by atoms with Crippen LogP contribution in [-0.4, -0.2) is 41.7 Å². The van der Waals surface area contributed by atoms with Crippen molar-refractivity contribution in [3.05, 3.63) is 0 Å². The fourth-order valence-corrected chi connectivity index (χ4v) is 2.91. The van der Waals surface area contributed by atoms with Crippen LogP contribution in [0.15, 0.2) is 0 Å². The average Bonchev–Trinajstić information content (AvgIpc) is 3.17. The molecule has 3 N–H and O–H groups in total. The van der Waals surface area contributed by atoms with E-state index in [0.29, 0.717) is 19.1 Å². The summed E-state index contributed by atoms with van der Waals surface area (Å²) in [4.78, 5) is 14.4. The maximum atomic E-state index is 12.5. The Morgan fingerprint density at radius 1 is 1.29 bits per heavy atom. The van der Waals surface area contributed by atoms with Crippen molar-refractivity contribution < 1.29 is 9.90 Å². The fourth-order valence-electron chi connectivity index (χ4n) is 2.91. The van der Waals surface area contributed by atoms with Gasteiger partial charge >= 0.3 is 0 Å². The van der Waals surface area contributed by atoms with Crippen molar-refractivity contribution in [3.8, 4) is 0 Å². The summed E-state index contributed by atoms with van der Waals surface area (Å²) in [6.45, 7) is 0.995. The number of aliphatic hydroxyl groups is 1. The third kappa shape index (κ3) is 2.63.